The smallest absolute Gasteiger partial charge is 0.335 e. The first-order valence-electron chi connectivity index (χ1n) is 42.2. The molecule has 0 bridgehead atoms. The number of Topliss-reactive ketones (excluding diaryl/α,β-unsaturated/α-hetero) is 4. The van der Waals surface area contributed by atoms with Gasteiger partial charge in [0.1, 0.15) is 67.4 Å². The van der Waals surface area contributed by atoms with E-state index in [9.17, 15) is 77.3 Å². The van der Waals surface area contributed by atoms with E-state index in [-0.39, 0.29) is 246 Å². The summed E-state index contributed by atoms with van der Waals surface area (Å²) in [4.78, 5) is 169. The lowest BCUT2D eigenvalue weighted by Gasteiger charge is -2.16. The molecule has 0 unspecified atom stereocenters. The second-order valence-corrected chi connectivity index (χ2v) is 29.0. The number of hydrogen-bond donors (Lipinski definition) is 10. The molecule has 10 N–H and O–H groups in total. The first kappa shape index (κ1) is 106. The zero-order chi connectivity index (χ0) is 87.1. The van der Waals surface area contributed by atoms with Crippen molar-refractivity contribution in [1.29, 1.82) is 0 Å². The van der Waals surface area contributed by atoms with Gasteiger partial charge in [-0.05, 0) is 133 Å². The van der Waals surface area contributed by atoms with E-state index in [1.54, 1.807) is 24.3 Å². The summed E-state index contributed by atoms with van der Waals surface area (Å²) in [6.07, 6.45) is 17.8. The highest BCUT2D eigenvalue weighted by atomic mass is 16.5. The number of ketones is 4. The molecule has 0 saturated carbocycles. The van der Waals surface area contributed by atoms with Crippen molar-refractivity contribution in [1.82, 2.24) is 31.9 Å². The fourth-order valence-electron chi connectivity index (χ4n) is 11.8. The predicted molar refractivity (Wildman–Crippen MR) is 437 cm³/mol. The number of rotatable bonds is 82. The Labute approximate surface area is 699 Å². The molecule has 0 radical (unpaired) electrons. The van der Waals surface area contributed by atoms with Crippen molar-refractivity contribution >= 4 is 82.5 Å². The number of ether oxygens (including phenoxy) is 10. The quantitative estimate of drug-likeness (QED) is 0.0281. The van der Waals surface area contributed by atoms with Crippen molar-refractivity contribution in [2.45, 2.75) is 225 Å². The summed E-state index contributed by atoms with van der Waals surface area (Å²) in [5.74, 6) is -6.21. The Morgan fingerprint density at radius 3 is 1.09 bits per heavy atom. The highest BCUT2D eigenvalue weighted by Crippen LogP contribution is 2.21. The highest BCUT2D eigenvalue weighted by Gasteiger charge is 2.25. The van der Waals surface area contributed by atoms with Gasteiger partial charge in [-0.25, -0.2) is 19.2 Å². The summed E-state index contributed by atoms with van der Waals surface area (Å²) in [6.45, 7) is 7.38. The molecule has 0 aliphatic heterocycles. The zero-order valence-corrected chi connectivity index (χ0v) is 70.0. The number of amides is 6. The molecule has 6 amide bonds. The molecule has 4 atom stereocenters. The van der Waals surface area contributed by atoms with E-state index in [0.29, 0.717) is 109 Å². The maximum atomic E-state index is 13.1. The predicted octanol–water partition coefficient (Wildman–Crippen LogP) is 7.92. The Kier molecular flexibility index (Phi) is 63.3. The van der Waals surface area contributed by atoms with Crippen molar-refractivity contribution in [3.63, 3.8) is 0 Å². The molecule has 0 aliphatic carbocycles. The number of aromatic carboxylic acids is 2. The van der Waals surface area contributed by atoms with Crippen LogP contribution >= 0.6 is 0 Å². The number of carboxylic acid groups (broad SMARTS) is 4. The molecule has 0 aromatic heterocycles. The minimum absolute atomic E-state index is 0.000325. The van der Waals surface area contributed by atoms with Gasteiger partial charge in [-0.1, -0.05) is 84.0 Å². The van der Waals surface area contributed by atoms with Crippen molar-refractivity contribution in [2.24, 2.45) is 11.8 Å². The van der Waals surface area contributed by atoms with Crippen LogP contribution in [0.5, 0.6) is 11.5 Å². The van der Waals surface area contributed by atoms with E-state index in [4.69, 9.17) is 57.6 Å². The third-order valence-corrected chi connectivity index (χ3v) is 18.8. The molecule has 0 saturated heterocycles. The molecule has 672 valence electrons. The first-order valence-corrected chi connectivity index (χ1v) is 42.2. The fraction of sp³-hybridized carbons (Fsp3) is 0.694. The molecule has 0 spiro atoms. The Morgan fingerprint density at radius 2 is 0.672 bits per heavy atom. The van der Waals surface area contributed by atoms with Crippen LogP contribution in [0.4, 0.5) is 0 Å². The average Bonchev–Trinajstić information content (AvgIpc) is 0.905. The number of benzene rings is 2. The van der Waals surface area contributed by atoms with Gasteiger partial charge in [0, 0.05) is 96.2 Å². The normalized spacial score (nSPS) is 12.1. The van der Waals surface area contributed by atoms with Crippen molar-refractivity contribution in [3.8, 4) is 11.5 Å². The molecule has 2 aromatic carbocycles. The Balaban J connectivity index is 1.33. The molecular formula is C85H134N6O28. The number of carboxylic acids is 4. The standard InChI is InChI=1S/C85H134N6O28/c1-64(23-15-17-41-86-79(99)62-117-58-54-113-50-44-89-81(101)63-116-57-51-110-45-21-25-69(93)33-38-73(84(106)107)90-77(97)27-13-9-5-3-7-11-19-47-118-71-34-29-66(30-35-71)82(102)103)75(95)59-68(65(2)92)24-16-18-42-87-80(100)61-115-56-52-111-46-22-26-70(94)60-114-55-53-112-49-43-88-76(96)40-39-74(85(108)109)91-78(98)28-14-10-6-4-8-12-20-48-119-72-36-31-67(32-37-72)83(104)105/h29-32,34-37,64,68,73-74H,3-28,33,38-63H2,1-2H3,(H,86,99)(H,87,100)(H,88,96)(H,89,101)(H,90,97)(H,91,98)(H,102,103)(H,104,105)(H,106,107)(H,108,109)/t64-,68+,73-,74-/m0/s1. The van der Waals surface area contributed by atoms with E-state index < -0.39 is 41.9 Å². The van der Waals surface area contributed by atoms with Crippen LogP contribution < -0.4 is 41.4 Å². The molecule has 0 fully saturated rings. The van der Waals surface area contributed by atoms with E-state index in [1.165, 1.54) is 31.2 Å². The number of nitrogens with one attached hydrogen (secondary N) is 6. The lowest BCUT2D eigenvalue weighted by Crippen LogP contribution is -2.41. The van der Waals surface area contributed by atoms with Crippen LogP contribution in [0.15, 0.2) is 48.5 Å². The van der Waals surface area contributed by atoms with Gasteiger partial charge >= 0.3 is 23.9 Å². The maximum Gasteiger partial charge on any atom is 0.335 e. The molecule has 2 aromatic rings. The number of aliphatic carboxylic acids is 2. The second kappa shape index (κ2) is 70.9. The first-order chi connectivity index (χ1) is 57.4. The second-order valence-electron chi connectivity index (χ2n) is 29.0. The van der Waals surface area contributed by atoms with E-state index in [0.717, 1.165) is 77.0 Å². The summed E-state index contributed by atoms with van der Waals surface area (Å²) in [7, 11) is 0. The number of unbranched alkanes of at least 4 members (excludes halogenated alkanes) is 14. The lowest BCUT2D eigenvalue weighted by atomic mass is 9.87. The fourth-order valence-corrected chi connectivity index (χ4v) is 11.8. The van der Waals surface area contributed by atoms with Crippen molar-refractivity contribution in [2.75, 3.05) is 145 Å². The van der Waals surface area contributed by atoms with Crippen LogP contribution in [0.2, 0.25) is 0 Å². The van der Waals surface area contributed by atoms with Crippen LogP contribution in [0.3, 0.4) is 0 Å². The maximum absolute atomic E-state index is 13.1. The molecule has 0 aliphatic rings. The topological polar surface area (TPSA) is 484 Å². The summed E-state index contributed by atoms with van der Waals surface area (Å²) in [5, 5.41) is 53.1. The molecule has 34 nitrogen and oxygen atoms in total. The molecule has 0 heterocycles. The van der Waals surface area contributed by atoms with Gasteiger partial charge < -0.3 is 99.7 Å². The summed E-state index contributed by atoms with van der Waals surface area (Å²) >= 11 is 0. The van der Waals surface area contributed by atoms with E-state index >= 15 is 0 Å². The van der Waals surface area contributed by atoms with E-state index in [1.807, 2.05) is 6.92 Å². The van der Waals surface area contributed by atoms with Crippen LogP contribution in [-0.4, -0.2) is 260 Å². The molecular weight excluding hydrogens is 1550 g/mol. The van der Waals surface area contributed by atoms with Crippen molar-refractivity contribution < 1.29 is 135 Å². The van der Waals surface area contributed by atoms with Crippen LogP contribution in [0.1, 0.15) is 234 Å². The van der Waals surface area contributed by atoms with Gasteiger partial charge in [-0.3, -0.25) is 47.9 Å². The minimum Gasteiger partial charge on any atom is -0.494 e. The third kappa shape index (κ3) is 61.1. The molecule has 2 rings (SSSR count). The third-order valence-electron chi connectivity index (χ3n) is 18.8. The number of carbonyl (C=O) groups is 14. The summed E-state index contributed by atoms with van der Waals surface area (Å²) in [5.41, 5.74) is 0.409. The van der Waals surface area contributed by atoms with Gasteiger partial charge in [-0.15, -0.1) is 0 Å². The highest BCUT2D eigenvalue weighted by molar-refractivity contribution is 5.90. The Morgan fingerprint density at radius 1 is 0.311 bits per heavy atom. The van der Waals surface area contributed by atoms with Gasteiger partial charge in [-0.2, -0.15) is 0 Å². The molecule has 119 heavy (non-hydrogen) atoms. The van der Waals surface area contributed by atoms with Crippen molar-refractivity contribution in [3.05, 3.63) is 59.7 Å². The SMILES string of the molecule is CC(=O)[C@H](CCCCNC(=O)COCCOCCCC(=O)COCCOCCNC(=O)CC[C@H](NC(=O)CCCCCCCCCOc1ccc(C(=O)O)cc1)C(=O)O)CC(=O)[C@@H](C)CCCCNC(=O)COCCOCCNC(=O)COCCOCCCC(=O)CC[C@H](NC(=O)CCCCCCCCCOc1ccc(C(=O)O)cc1)C(=O)O. The minimum atomic E-state index is -1.22. The Hall–Kier alpha value is -8.90. The number of carbonyl (C=O) groups excluding carboxylic acids is 10. The largest absolute Gasteiger partial charge is 0.494 e. The Bertz CT molecular complexity index is 3220. The zero-order valence-electron chi connectivity index (χ0n) is 70.0. The van der Waals surface area contributed by atoms with Crippen LogP contribution in [-0.2, 0) is 95.4 Å². The monoisotopic (exact) mass is 1690 g/mol. The van der Waals surface area contributed by atoms with Crippen LogP contribution in [0, 0.1) is 11.8 Å². The number of hydrogen-bond acceptors (Lipinski definition) is 24. The van der Waals surface area contributed by atoms with Gasteiger partial charge in [0.05, 0.1) is 90.4 Å². The van der Waals surface area contributed by atoms with Gasteiger partial charge in [0.15, 0.2) is 5.78 Å². The van der Waals surface area contributed by atoms with Crippen LogP contribution in [0.25, 0.3) is 0 Å². The van der Waals surface area contributed by atoms with Gasteiger partial charge in [0.25, 0.3) is 0 Å². The van der Waals surface area contributed by atoms with Gasteiger partial charge in [0.2, 0.25) is 35.4 Å². The summed E-state index contributed by atoms with van der Waals surface area (Å²) in [6, 6.07) is 10.2. The van der Waals surface area contributed by atoms with E-state index in [2.05, 4.69) is 31.9 Å². The summed E-state index contributed by atoms with van der Waals surface area (Å²) < 4.78 is 54.7. The molecule has 34 heteroatoms. The lowest BCUT2D eigenvalue weighted by molar-refractivity contribution is -0.142. The average molecular weight is 1690 g/mol.